The van der Waals surface area contributed by atoms with Crippen LogP contribution in [0.2, 0.25) is 0 Å². The van der Waals surface area contributed by atoms with E-state index in [0.717, 1.165) is 12.1 Å². The van der Waals surface area contributed by atoms with Crippen molar-refractivity contribution in [2.45, 2.75) is 4.90 Å². The van der Waals surface area contributed by atoms with Crippen LogP contribution in [-0.4, -0.2) is 35.8 Å². The molecule has 4 aromatic rings. The topological polar surface area (TPSA) is 113 Å². The quantitative estimate of drug-likeness (QED) is 0.503. The van der Waals surface area contributed by atoms with E-state index in [9.17, 15) is 12.8 Å². The third-order valence-electron chi connectivity index (χ3n) is 4.23. The number of fused-ring (bicyclic) bond motifs is 1. The molecule has 3 heterocycles. The molecule has 11 heteroatoms. The molecule has 0 saturated heterocycles. The molecule has 0 bridgehead atoms. The number of anilines is 1. The van der Waals surface area contributed by atoms with E-state index < -0.39 is 15.8 Å². The van der Waals surface area contributed by atoms with Crippen molar-refractivity contribution in [1.82, 2.24) is 19.6 Å². The molecule has 0 aliphatic rings. The largest absolute Gasteiger partial charge is 0.279 e. The Labute approximate surface area is 166 Å². The highest BCUT2D eigenvalue weighted by Gasteiger charge is 2.17. The van der Waals surface area contributed by atoms with Crippen LogP contribution in [0.3, 0.4) is 0 Å². The molecule has 0 amide bonds. The summed E-state index contributed by atoms with van der Waals surface area (Å²) in [7, 11) is -2.26. The van der Waals surface area contributed by atoms with Gasteiger partial charge in [0.25, 0.3) is 10.0 Å². The lowest BCUT2D eigenvalue weighted by molar-refractivity contribution is 0.599. The minimum Gasteiger partial charge on any atom is -0.279 e. The maximum Gasteiger partial charge on any atom is 0.261 e. The van der Waals surface area contributed by atoms with Crippen LogP contribution in [0.15, 0.2) is 59.8 Å². The number of hydrogen-bond acceptors (Lipinski definition) is 6. The van der Waals surface area contributed by atoms with Crippen LogP contribution in [0.25, 0.3) is 16.9 Å². The van der Waals surface area contributed by atoms with E-state index in [2.05, 4.69) is 19.8 Å². The second-order valence-corrected chi connectivity index (χ2v) is 7.84. The van der Waals surface area contributed by atoms with Crippen LogP contribution in [-0.2, 0) is 10.0 Å². The Kier molecular flexibility index (Phi) is 4.48. The van der Waals surface area contributed by atoms with Crippen LogP contribution in [0.5, 0.6) is 0 Å². The summed E-state index contributed by atoms with van der Waals surface area (Å²) >= 11 is 0. The molecule has 0 aliphatic heterocycles. The lowest BCUT2D eigenvalue weighted by Gasteiger charge is -2.12. The number of aromatic nitrogens is 4. The van der Waals surface area contributed by atoms with Crippen molar-refractivity contribution in [1.29, 1.82) is 5.26 Å². The van der Waals surface area contributed by atoms with Gasteiger partial charge in [-0.2, -0.15) is 10.4 Å². The highest BCUT2D eigenvalue weighted by Crippen LogP contribution is 2.21. The fourth-order valence-corrected chi connectivity index (χ4v) is 3.81. The van der Waals surface area contributed by atoms with Gasteiger partial charge in [-0.05, 0) is 42.5 Å². The molecule has 0 unspecified atom stereocenters. The standard InChI is InChI=1S/C18H12BFN6O2S/c19-18-16(25-29(27,28)14-3-1-12(20)2-4-14)7-11(9-23-18)15-5-6-17-22-10-13(8-21)26(17)24-15/h1-7,9-10,25H,19H2. The molecule has 3 aromatic heterocycles. The molecular formula is C18H12BFN6O2S. The SMILES string of the molecule is Bc1ncc(-c2ccc3ncc(C#N)n3n2)cc1NS(=O)(=O)c1ccc(F)cc1. The molecule has 0 saturated carbocycles. The predicted molar refractivity (Wildman–Crippen MR) is 106 cm³/mol. The first-order chi connectivity index (χ1) is 13.9. The number of nitrogens with zero attached hydrogens (tertiary/aromatic N) is 5. The van der Waals surface area contributed by atoms with Gasteiger partial charge in [0.05, 0.1) is 22.5 Å². The Morgan fingerprint density at radius 3 is 2.59 bits per heavy atom. The van der Waals surface area contributed by atoms with E-state index >= 15 is 0 Å². The minimum absolute atomic E-state index is 0.0691. The third-order valence-corrected chi connectivity index (χ3v) is 5.61. The Hall–Kier alpha value is -3.78. The maximum atomic E-state index is 13.1. The number of halogens is 1. The number of hydrogen-bond donors (Lipinski definition) is 1. The summed E-state index contributed by atoms with van der Waals surface area (Å²) in [6.45, 7) is 0. The van der Waals surface area contributed by atoms with Crippen molar-refractivity contribution in [3.05, 3.63) is 66.4 Å². The molecule has 0 aliphatic carbocycles. The number of rotatable bonds is 4. The summed E-state index contributed by atoms with van der Waals surface area (Å²) in [6.07, 6.45) is 2.98. The van der Waals surface area contributed by atoms with Gasteiger partial charge in [-0.3, -0.25) is 9.71 Å². The number of sulfonamides is 1. The molecule has 4 rings (SSSR count). The normalized spacial score (nSPS) is 11.3. The molecule has 29 heavy (non-hydrogen) atoms. The van der Waals surface area contributed by atoms with Crippen molar-refractivity contribution in [3.8, 4) is 17.3 Å². The first kappa shape index (κ1) is 18.6. The summed E-state index contributed by atoms with van der Waals surface area (Å²) in [5.74, 6) is -0.526. The van der Waals surface area contributed by atoms with Crippen LogP contribution in [0.4, 0.5) is 10.1 Å². The Balaban J connectivity index is 1.73. The van der Waals surface area contributed by atoms with Crippen LogP contribution >= 0.6 is 0 Å². The zero-order valence-electron chi connectivity index (χ0n) is 15.0. The molecule has 0 spiro atoms. The summed E-state index contributed by atoms with van der Waals surface area (Å²) in [5.41, 5.74) is 2.55. The van der Waals surface area contributed by atoms with Crippen molar-refractivity contribution < 1.29 is 12.8 Å². The fourth-order valence-electron chi connectivity index (χ4n) is 2.70. The van der Waals surface area contributed by atoms with Crippen molar-refractivity contribution >= 4 is 34.8 Å². The van der Waals surface area contributed by atoms with Crippen molar-refractivity contribution in [2.24, 2.45) is 0 Å². The fraction of sp³-hybridized carbons (Fsp3) is 0. The second kappa shape index (κ2) is 6.99. The van der Waals surface area contributed by atoms with Gasteiger partial charge in [0.2, 0.25) is 0 Å². The van der Waals surface area contributed by atoms with Crippen LogP contribution in [0.1, 0.15) is 5.69 Å². The highest BCUT2D eigenvalue weighted by molar-refractivity contribution is 7.92. The number of nitriles is 1. The summed E-state index contributed by atoms with van der Waals surface area (Å²) < 4.78 is 42.2. The monoisotopic (exact) mass is 406 g/mol. The van der Waals surface area contributed by atoms with E-state index in [1.54, 1.807) is 32.2 Å². The molecular weight excluding hydrogens is 394 g/mol. The molecule has 0 radical (unpaired) electrons. The average molecular weight is 406 g/mol. The lowest BCUT2D eigenvalue weighted by atomic mass is 10.0. The van der Waals surface area contributed by atoms with Gasteiger partial charge in [0, 0.05) is 17.4 Å². The number of pyridine rings is 1. The Bertz CT molecular complexity index is 1380. The second-order valence-electron chi connectivity index (χ2n) is 6.16. The van der Waals surface area contributed by atoms with Gasteiger partial charge in [0.15, 0.2) is 19.2 Å². The molecule has 142 valence electrons. The molecule has 1 N–H and O–H groups in total. The first-order valence-corrected chi connectivity index (χ1v) is 9.86. The first-order valence-electron chi connectivity index (χ1n) is 8.38. The van der Waals surface area contributed by atoms with Gasteiger partial charge in [0.1, 0.15) is 11.9 Å². The summed E-state index contributed by atoms with van der Waals surface area (Å²) in [6, 6.07) is 11.5. The third kappa shape index (κ3) is 3.53. The number of benzene rings is 1. The van der Waals surface area contributed by atoms with E-state index in [4.69, 9.17) is 5.26 Å². The molecule has 1 aromatic carbocycles. The Morgan fingerprint density at radius 2 is 1.86 bits per heavy atom. The zero-order valence-corrected chi connectivity index (χ0v) is 15.9. The zero-order chi connectivity index (χ0) is 20.6. The average Bonchev–Trinajstić information content (AvgIpc) is 3.12. The number of nitrogens with one attached hydrogen (secondary N) is 1. The summed E-state index contributed by atoms with van der Waals surface area (Å²) in [4.78, 5) is 8.26. The van der Waals surface area contributed by atoms with Gasteiger partial charge in [-0.15, -0.1) is 0 Å². The van der Waals surface area contributed by atoms with Gasteiger partial charge in [-0.25, -0.2) is 22.3 Å². The van der Waals surface area contributed by atoms with Gasteiger partial charge >= 0.3 is 0 Å². The lowest BCUT2D eigenvalue weighted by Crippen LogP contribution is -2.21. The Morgan fingerprint density at radius 1 is 1.10 bits per heavy atom. The molecule has 8 nitrogen and oxygen atoms in total. The van der Waals surface area contributed by atoms with E-state index in [-0.39, 0.29) is 16.3 Å². The summed E-state index contributed by atoms with van der Waals surface area (Å²) in [5, 5.41) is 13.5. The highest BCUT2D eigenvalue weighted by atomic mass is 32.2. The predicted octanol–water partition coefficient (Wildman–Crippen LogP) is 0.861. The van der Waals surface area contributed by atoms with E-state index in [1.807, 2.05) is 6.07 Å². The van der Waals surface area contributed by atoms with Crippen molar-refractivity contribution in [2.75, 3.05) is 4.72 Å². The smallest absolute Gasteiger partial charge is 0.261 e. The van der Waals surface area contributed by atoms with Gasteiger partial charge < -0.3 is 0 Å². The van der Waals surface area contributed by atoms with Crippen molar-refractivity contribution in [3.63, 3.8) is 0 Å². The maximum absolute atomic E-state index is 13.1. The van der Waals surface area contributed by atoms with E-state index in [0.29, 0.717) is 22.5 Å². The number of imidazole rings is 1. The van der Waals surface area contributed by atoms with Crippen LogP contribution < -0.4 is 10.3 Å². The van der Waals surface area contributed by atoms with Gasteiger partial charge in [-0.1, -0.05) is 0 Å². The minimum atomic E-state index is -3.92. The van der Waals surface area contributed by atoms with Crippen LogP contribution in [0, 0.1) is 17.1 Å². The van der Waals surface area contributed by atoms with E-state index in [1.165, 1.54) is 22.8 Å². The molecule has 0 atom stereocenters. The molecule has 0 fully saturated rings.